The molecule has 0 aromatic heterocycles. The lowest BCUT2D eigenvalue weighted by molar-refractivity contribution is -0.125. The van der Waals surface area contributed by atoms with Gasteiger partial charge in [-0.2, -0.15) is 8.78 Å². The number of hydrogen-bond acceptors (Lipinski definition) is 4. The minimum atomic E-state index is -2.88. The third-order valence-corrected chi connectivity index (χ3v) is 4.72. The molecule has 0 saturated carbocycles. The molecule has 0 aliphatic carbocycles. The molecule has 1 aliphatic rings. The van der Waals surface area contributed by atoms with Gasteiger partial charge in [0, 0.05) is 12.0 Å². The summed E-state index contributed by atoms with van der Waals surface area (Å²) in [7, 11) is 0. The zero-order chi connectivity index (χ0) is 21.0. The number of imide groups is 1. The molecule has 6 nitrogen and oxygen atoms in total. The molecule has 0 bridgehead atoms. The van der Waals surface area contributed by atoms with Gasteiger partial charge in [0.15, 0.2) is 0 Å². The number of hydrogen-bond donors (Lipinski definition) is 2. The van der Waals surface area contributed by atoms with Gasteiger partial charge in [-0.3, -0.25) is 19.7 Å². The van der Waals surface area contributed by atoms with Crippen molar-refractivity contribution < 1.29 is 27.9 Å². The molecule has 3 rings (SSSR count). The highest BCUT2D eigenvalue weighted by atomic mass is 19.3. The maximum atomic E-state index is 12.4. The second kappa shape index (κ2) is 8.81. The second-order valence-electron chi connectivity index (χ2n) is 6.86. The van der Waals surface area contributed by atoms with E-state index < -0.39 is 6.61 Å². The number of alkyl halides is 2. The Bertz CT molecular complexity index is 898. The van der Waals surface area contributed by atoms with E-state index in [9.17, 15) is 23.2 Å². The van der Waals surface area contributed by atoms with Gasteiger partial charge < -0.3 is 10.1 Å². The zero-order valence-electron chi connectivity index (χ0n) is 15.7. The molecule has 1 fully saturated rings. The Balaban J connectivity index is 1.57. The molecule has 2 N–H and O–H groups in total. The summed E-state index contributed by atoms with van der Waals surface area (Å²) >= 11 is 0. The van der Waals surface area contributed by atoms with Crippen molar-refractivity contribution >= 4 is 17.7 Å². The van der Waals surface area contributed by atoms with Crippen molar-refractivity contribution in [3.63, 3.8) is 0 Å². The van der Waals surface area contributed by atoms with E-state index in [2.05, 4.69) is 15.4 Å². The average Bonchev–Trinajstić information content (AvgIpc) is 2.99. The van der Waals surface area contributed by atoms with Crippen molar-refractivity contribution in [2.75, 3.05) is 0 Å². The van der Waals surface area contributed by atoms with Gasteiger partial charge in [-0.05, 0) is 48.7 Å². The van der Waals surface area contributed by atoms with E-state index in [1.165, 1.54) is 12.1 Å². The molecule has 0 spiro atoms. The molecule has 1 aliphatic heterocycles. The summed E-state index contributed by atoms with van der Waals surface area (Å²) in [5, 5.41) is 5.12. The average molecular weight is 402 g/mol. The summed E-state index contributed by atoms with van der Waals surface area (Å²) in [5.74, 6) is -1.14. The van der Waals surface area contributed by atoms with Crippen molar-refractivity contribution in [1.82, 2.24) is 10.6 Å². The fourth-order valence-electron chi connectivity index (χ4n) is 3.15. The van der Waals surface area contributed by atoms with Crippen LogP contribution in [0.3, 0.4) is 0 Å². The predicted octanol–water partition coefficient (Wildman–Crippen LogP) is 2.98. The van der Waals surface area contributed by atoms with E-state index >= 15 is 0 Å². The number of halogens is 2. The van der Waals surface area contributed by atoms with Gasteiger partial charge >= 0.3 is 6.61 Å². The first-order valence-corrected chi connectivity index (χ1v) is 9.10. The molecule has 8 heteroatoms. The summed E-state index contributed by atoms with van der Waals surface area (Å²) in [6, 6.07) is 12.6. The molecule has 1 heterocycles. The van der Waals surface area contributed by atoms with Crippen LogP contribution in [0, 0.1) is 5.92 Å². The highest BCUT2D eigenvalue weighted by molar-refractivity contribution is 6.03. The summed E-state index contributed by atoms with van der Waals surface area (Å²) < 4.78 is 28.7. The Morgan fingerprint density at radius 2 is 1.79 bits per heavy atom. The smallest absolute Gasteiger partial charge is 0.387 e. The maximum absolute atomic E-state index is 12.4. The van der Waals surface area contributed by atoms with Crippen LogP contribution in [-0.4, -0.2) is 24.3 Å². The normalized spacial score (nSPS) is 17.2. The summed E-state index contributed by atoms with van der Waals surface area (Å²) in [5.41, 5.74) is 2.05. The number of carbonyl (C=O) groups is 3. The Labute approximate surface area is 166 Å². The van der Waals surface area contributed by atoms with E-state index in [0.717, 1.165) is 11.1 Å². The van der Waals surface area contributed by atoms with E-state index in [1.54, 1.807) is 43.3 Å². The summed E-state index contributed by atoms with van der Waals surface area (Å²) in [6.07, 6.45) is 0.614. The summed E-state index contributed by atoms with van der Waals surface area (Å²) in [6.45, 7) is -1.10. The number of nitrogens with one attached hydrogen (secondary N) is 2. The van der Waals surface area contributed by atoms with Crippen LogP contribution in [0.2, 0.25) is 0 Å². The van der Waals surface area contributed by atoms with E-state index in [-0.39, 0.29) is 41.9 Å². The number of rotatable bonds is 7. The fraction of sp³-hybridized carbons (Fsp3) is 0.286. The van der Waals surface area contributed by atoms with Crippen molar-refractivity contribution in [1.29, 1.82) is 0 Å². The third kappa shape index (κ3) is 5.37. The first-order valence-electron chi connectivity index (χ1n) is 9.10. The molecular formula is C21H20F2N2O4. The van der Waals surface area contributed by atoms with Gasteiger partial charge in [-0.15, -0.1) is 0 Å². The van der Waals surface area contributed by atoms with Crippen LogP contribution in [0.5, 0.6) is 5.75 Å². The zero-order valence-corrected chi connectivity index (χ0v) is 15.7. The van der Waals surface area contributed by atoms with Crippen LogP contribution >= 0.6 is 0 Å². The lowest BCUT2D eigenvalue weighted by Crippen LogP contribution is -2.26. The quantitative estimate of drug-likeness (QED) is 0.698. The number of carbonyl (C=O) groups excluding carboxylic acids is 3. The SMILES string of the molecule is C[C@@H](NC(=O)c1ccc(C[C@@H]2CC(=O)NC2=O)cc1)c1ccc(OC(F)F)cc1. The lowest BCUT2D eigenvalue weighted by atomic mass is 9.97. The molecule has 3 amide bonds. The standard InChI is InChI=1S/C21H20F2N2O4/c1-12(14-6-8-17(9-7-14)29-21(22)23)24-19(27)15-4-2-13(3-5-15)10-16-11-18(26)25-20(16)28/h2-9,12,16,21H,10-11H2,1H3,(H,24,27)(H,25,26,28)/t12-,16-/m1/s1. The minimum absolute atomic E-state index is 0.0514. The van der Waals surface area contributed by atoms with Crippen molar-refractivity contribution in [3.8, 4) is 5.75 Å². The first-order chi connectivity index (χ1) is 13.8. The Morgan fingerprint density at radius 3 is 2.34 bits per heavy atom. The van der Waals surface area contributed by atoms with Gasteiger partial charge in [0.2, 0.25) is 11.8 Å². The van der Waals surface area contributed by atoms with Crippen LogP contribution in [0.15, 0.2) is 48.5 Å². The van der Waals surface area contributed by atoms with Gasteiger partial charge in [0.1, 0.15) is 5.75 Å². The van der Waals surface area contributed by atoms with Gasteiger partial charge in [0.25, 0.3) is 5.91 Å². The highest BCUT2D eigenvalue weighted by Gasteiger charge is 2.30. The number of amides is 3. The van der Waals surface area contributed by atoms with Gasteiger partial charge in [-0.1, -0.05) is 24.3 Å². The van der Waals surface area contributed by atoms with Crippen LogP contribution in [0.4, 0.5) is 8.78 Å². The van der Waals surface area contributed by atoms with Gasteiger partial charge in [-0.25, -0.2) is 0 Å². The highest BCUT2D eigenvalue weighted by Crippen LogP contribution is 2.20. The number of ether oxygens (including phenoxy) is 1. The Morgan fingerprint density at radius 1 is 1.14 bits per heavy atom. The molecule has 1 saturated heterocycles. The van der Waals surface area contributed by atoms with E-state index in [1.807, 2.05) is 0 Å². The topological polar surface area (TPSA) is 84.5 Å². The maximum Gasteiger partial charge on any atom is 0.387 e. The Kier molecular flexibility index (Phi) is 6.21. The number of benzene rings is 2. The molecular weight excluding hydrogens is 382 g/mol. The first kappa shape index (κ1) is 20.4. The lowest BCUT2D eigenvalue weighted by Gasteiger charge is -2.15. The molecule has 2 aromatic carbocycles. The second-order valence-corrected chi connectivity index (χ2v) is 6.86. The van der Waals surface area contributed by atoms with E-state index in [0.29, 0.717) is 12.0 Å². The van der Waals surface area contributed by atoms with Gasteiger partial charge in [0.05, 0.1) is 12.0 Å². The van der Waals surface area contributed by atoms with E-state index in [4.69, 9.17) is 0 Å². The third-order valence-electron chi connectivity index (χ3n) is 4.72. The predicted molar refractivity (Wildman–Crippen MR) is 100 cm³/mol. The molecule has 0 unspecified atom stereocenters. The molecule has 2 aromatic rings. The van der Waals surface area contributed by atoms with Crippen molar-refractivity contribution in [2.24, 2.45) is 5.92 Å². The monoisotopic (exact) mass is 402 g/mol. The van der Waals surface area contributed by atoms with Crippen LogP contribution in [-0.2, 0) is 16.0 Å². The molecule has 152 valence electrons. The van der Waals surface area contributed by atoms with Crippen LogP contribution < -0.4 is 15.4 Å². The minimum Gasteiger partial charge on any atom is -0.435 e. The molecule has 2 atom stereocenters. The van der Waals surface area contributed by atoms with Crippen LogP contribution in [0.1, 0.15) is 40.9 Å². The van der Waals surface area contributed by atoms with Crippen LogP contribution in [0.25, 0.3) is 0 Å². The molecule has 29 heavy (non-hydrogen) atoms. The Hall–Kier alpha value is -3.29. The largest absolute Gasteiger partial charge is 0.435 e. The molecule has 0 radical (unpaired) electrons. The van der Waals surface area contributed by atoms with Crippen molar-refractivity contribution in [2.45, 2.75) is 32.4 Å². The fourth-order valence-corrected chi connectivity index (χ4v) is 3.15. The summed E-state index contributed by atoms with van der Waals surface area (Å²) in [4.78, 5) is 35.4. The van der Waals surface area contributed by atoms with Crippen molar-refractivity contribution in [3.05, 3.63) is 65.2 Å².